The Kier molecular flexibility index (Phi) is 3.46. The standard InChI is InChI=1S/C7H15N3O3S/c1-14(12,13)10-3-2-6(5-10)4-7(11)9-8/h6H,2-5,8H2,1H3,(H,9,11). The number of rotatable bonds is 3. The van der Waals surface area contributed by atoms with Crippen LogP contribution in [0.3, 0.4) is 0 Å². The van der Waals surface area contributed by atoms with Crippen molar-refractivity contribution in [3.05, 3.63) is 0 Å². The molecular formula is C7H15N3O3S. The lowest BCUT2D eigenvalue weighted by atomic mass is 10.1. The van der Waals surface area contributed by atoms with E-state index in [9.17, 15) is 13.2 Å². The number of hydrazine groups is 1. The maximum Gasteiger partial charge on any atom is 0.234 e. The molecule has 0 aromatic heterocycles. The zero-order valence-corrected chi connectivity index (χ0v) is 8.88. The van der Waals surface area contributed by atoms with Gasteiger partial charge in [-0.05, 0) is 12.3 Å². The Morgan fingerprint density at radius 3 is 2.71 bits per heavy atom. The molecule has 3 N–H and O–H groups in total. The van der Waals surface area contributed by atoms with Crippen LogP contribution in [0.25, 0.3) is 0 Å². The Hall–Kier alpha value is -0.660. The van der Waals surface area contributed by atoms with E-state index in [2.05, 4.69) is 0 Å². The van der Waals surface area contributed by atoms with Gasteiger partial charge in [-0.3, -0.25) is 10.2 Å². The lowest BCUT2D eigenvalue weighted by Gasteiger charge is -2.12. The van der Waals surface area contributed by atoms with E-state index in [0.29, 0.717) is 19.5 Å². The summed E-state index contributed by atoms with van der Waals surface area (Å²) in [4.78, 5) is 10.9. The van der Waals surface area contributed by atoms with Crippen molar-refractivity contribution in [2.45, 2.75) is 12.8 Å². The number of amides is 1. The largest absolute Gasteiger partial charge is 0.294 e. The van der Waals surface area contributed by atoms with Crippen molar-refractivity contribution in [3.8, 4) is 0 Å². The van der Waals surface area contributed by atoms with Crippen LogP contribution >= 0.6 is 0 Å². The van der Waals surface area contributed by atoms with Gasteiger partial charge < -0.3 is 0 Å². The van der Waals surface area contributed by atoms with Crippen LogP contribution in [-0.4, -0.2) is 38.0 Å². The molecule has 0 aromatic carbocycles. The Balaban J connectivity index is 2.46. The smallest absolute Gasteiger partial charge is 0.234 e. The maximum absolute atomic E-state index is 11.1. The van der Waals surface area contributed by atoms with E-state index in [1.165, 1.54) is 10.6 Å². The summed E-state index contributed by atoms with van der Waals surface area (Å²) in [6.07, 6.45) is 2.20. The molecule has 1 aliphatic rings. The molecule has 0 radical (unpaired) electrons. The van der Waals surface area contributed by atoms with Gasteiger partial charge in [0.15, 0.2) is 0 Å². The molecule has 0 aromatic rings. The number of nitrogens with two attached hydrogens (primary N) is 1. The molecular weight excluding hydrogens is 206 g/mol. The summed E-state index contributed by atoms with van der Waals surface area (Å²) in [6.45, 7) is 0.924. The van der Waals surface area contributed by atoms with Crippen LogP contribution in [0.2, 0.25) is 0 Å². The summed E-state index contributed by atoms with van der Waals surface area (Å²) < 4.78 is 23.7. The van der Waals surface area contributed by atoms with E-state index < -0.39 is 10.0 Å². The van der Waals surface area contributed by atoms with Crippen LogP contribution in [-0.2, 0) is 14.8 Å². The van der Waals surface area contributed by atoms with Crippen molar-refractivity contribution in [1.82, 2.24) is 9.73 Å². The van der Waals surface area contributed by atoms with E-state index in [1.54, 1.807) is 0 Å². The van der Waals surface area contributed by atoms with Crippen molar-refractivity contribution >= 4 is 15.9 Å². The van der Waals surface area contributed by atoms with Crippen LogP contribution in [0.4, 0.5) is 0 Å². The fourth-order valence-corrected chi connectivity index (χ4v) is 2.50. The van der Waals surface area contributed by atoms with Gasteiger partial charge in [0.05, 0.1) is 6.26 Å². The summed E-state index contributed by atoms with van der Waals surface area (Å²) in [5, 5.41) is 0. The minimum Gasteiger partial charge on any atom is -0.294 e. The number of nitrogens with zero attached hydrogens (tertiary/aromatic N) is 1. The highest BCUT2D eigenvalue weighted by Crippen LogP contribution is 2.21. The summed E-state index contributed by atoms with van der Waals surface area (Å²) >= 11 is 0. The second-order valence-electron chi connectivity index (χ2n) is 3.55. The summed E-state index contributed by atoms with van der Waals surface area (Å²) in [7, 11) is -3.11. The predicted molar refractivity (Wildman–Crippen MR) is 51.5 cm³/mol. The topological polar surface area (TPSA) is 92.5 Å². The second-order valence-corrected chi connectivity index (χ2v) is 5.53. The third-order valence-corrected chi connectivity index (χ3v) is 3.62. The highest BCUT2D eigenvalue weighted by Gasteiger charge is 2.29. The lowest BCUT2D eigenvalue weighted by Crippen LogP contribution is -2.32. The quantitative estimate of drug-likeness (QED) is 0.350. The Morgan fingerprint density at radius 1 is 1.64 bits per heavy atom. The molecule has 1 aliphatic heterocycles. The van der Waals surface area contributed by atoms with Crippen molar-refractivity contribution < 1.29 is 13.2 Å². The van der Waals surface area contributed by atoms with E-state index >= 15 is 0 Å². The molecule has 7 heteroatoms. The first-order chi connectivity index (χ1) is 6.43. The SMILES string of the molecule is CS(=O)(=O)N1CCC(CC(=O)NN)C1. The first-order valence-electron chi connectivity index (χ1n) is 4.38. The van der Waals surface area contributed by atoms with Crippen molar-refractivity contribution in [2.75, 3.05) is 19.3 Å². The Labute approximate surface area is 83.5 Å². The van der Waals surface area contributed by atoms with Gasteiger partial charge in [0.1, 0.15) is 0 Å². The fraction of sp³-hybridized carbons (Fsp3) is 0.857. The second kappa shape index (κ2) is 4.24. The van der Waals surface area contributed by atoms with E-state index in [1.807, 2.05) is 5.43 Å². The third kappa shape index (κ3) is 2.93. The fourth-order valence-electron chi connectivity index (χ4n) is 1.59. The van der Waals surface area contributed by atoms with Gasteiger partial charge in [-0.2, -0.15) is 0 Å². The average Bonchev–Trinajstić information content (AvgIpc) is 2.51. The number of carbonyl (C=O) groups is 1. The molecule has 0 saturated carbocycles. The number of sulfonamides is 1. The summed E-state index contributed by atoms with van der Waals surface area (Å²) in [6, 6.07) is 0. The van der Waals surface area contributed by atoms with Crippen molar-refractivity contribution in [3.63, 3.8) is 0 Å². The van der Waals surface area contributed by atoms with Gasteiger partial charge in [-0.25, -0.2) is 18.6 Å². The lowest BCUT2D eigenvalue weighted by molar-refractivity contribution is -0.121. The highest BCUT2D eigenvalue weighted by atomic mass is 32.2. The zero-order chi connectivity index (χ0) is 10.8. The van der Waals surface area contributed by atoms with E-state index in [0.717, 1.165) is 6.42 Å². The molecule has 6 nitrogen and oxygen atoms in total. The normalized spacial score (nSPS) is 23.7. The monoisotopic (exact) mass is 221 g/mol. The van der Waals surface area contributed by atoms with Gasteiger partial charge >= 0.3 is 0 Å². The zero-order valence-electron chi connectivity index (χ0n) is 8.06. The number of hydrogen-bond acceptors (Lipinski definition) is 4. The first-order valence-corrected chi connectivity index (χ1v) is 6.23. The predicted octanol–water partition coefficient (Wildman–Crippen LogP) is -1.35. The molecule has 0 aliphatic carbocycles. The van der Waals surface area contributed by atoms with Crippen LogP contribution in [0.15, 0.2) is 0 Å². The van der Waals surface area contributed by atoms with Crippen LogP contribution in [0, 0.1) is 5.92 Å². The van der Waals surface area contributed by atoms with Gasteiger partial charge in [-0.15, -0.1) is 0 Å². The molecule has 0 bridgehead atoms. The number of nitrogens with one attached hydrogen (secondary N) is 1. The Morgan fingerprint density at radius 2 is 2.29 bits per heavy atom. The number of hydrogen-bond donors (Lipinski definition) is 2. The molecule has 1 heterocycles. The van der Waals surface area contributed by atoms with Crippen molar-refractivity contribution in [1.29, 1.82) is 0 Å². The molecule has 0 spiro atoms. The van der Waals surface area contributed by atoms with Crippen LogP contribution in [0.5, 0.6) is 0 Å². The molecule has 1 rings (SSSR count). The highest BCUT2D eigenvalue weighted by molar-refractivity contribution is 7.88. The molecule has 1 fully saturated rings. The molecule has 1 unspecified atom stereocenters. The van der Waals surface area contributed by atoms with Crippen molar-refractivity contribution in [2.24, 2.45) is 11.8 Å². The third-order valence-electron chi connectivity index (χ3n) is 2.35. The summed E-state index contributed by atoms with van der Waals surface area (Å²) in [5.41, 5.74) is 2.04. The van der Waals surface area contributed by atoms with Gasteiger partial charge in [0, 0.05) is 19.5 Å². The first kappa shape index (κ1) is 11.4. The molecule has 1 atom stereocenters. The maximum atomic E-state index is 11.1. The van der Waals surface area contributed by atoms with E-state index in [-0.39, 0.29) is 11.8 Å². The molecule has 82 valence electrons. The van der Waals surface area contributed by atoms with Gasteiger partial charge in [0.25, 0.3) is 0 Å². The molecule has 14 heavy (non-hydrogen) atoms. The average molecular weight is 221 g/mol. The minimum absolute atomic E-state index is 0.0910. The van der Waals surface area contributed by atoms with Crippen LogP contribution < -0.4 is 11.3 Å². The van der Waals surface area contributed by atoms with E-state index in [4.69, 9.17) is 5.84 Å². The van der Waals surface area contributed by atoms with Crippen LogP contribution in [0.1, 0.15) is 12.8 Å². The Bertz CT molecular complexity index is 314. The molecule has 1 amide bonds. The number of carbonyl (C=O) groups excluding carboxylic acids is 1. The van der Waals surface area contributed by atoms with Gasteiger partial charge in [-0.1, -0.05) is 0 Å². The summed E-state index contributed by atoms with van der Waals surface area (Å²) in [5.74, 6) is 4.79. The minimum atomic E-state index is -3.11. The molecule has 1 saturated heterocycles. The van der Waals surface area contributed by atoms with Gasteiger partial charge in [0.2, 0.25) is 15.9 Å².